The smallest absolute Gasteiger partial charge is 0.382 e. The van der Waals surface area contributed by atoms with Gasteiger partial charge in [-0.3, -0.25) is 0 Å². The number of furan rings is 1. The Labute approximate surface area is 108 Å². The second kappa shape index (κ2) is 4.75. The van der Waals surface area contributed by atoms with Crippen molar-refractivity contribution in [3.05, 3.63) is 54.5 Å². The standard InChI is InChI=1S/C12H10F2O4S/c13-12(14,11(15)10-7-4-8-18-10)19(16,17)9-5-2-1-3-6-9/h1-8,11,15H. The summed E-state index contributed by atoms with van der Waals surface area (Å²) in [5.41, 5.74) is 0. The minimum absolute atomic E-state index is 0.510. The lowest BCUT2D eigenvalue weighted by molar-refractivity contribution is -0.0535. The molecule has 0 fully saturated rings. The highest BCUT2D eigenvalue weighted by molar-refractivity contribution is 7.92. The van der Waals surface area contributed by atoms with Crippen molar-refractivity contribution in [2.75, 3.05) is 0 Å². The van der Waals surface area contributed by atoms with E-state index in [-0.39, 0.29) is 0 Å². The Morgan fingerprint density at radius 3 is 2.26 bits per heavy atom. The summed E-state index contributed by atoms with van der Waals surface area (Å²) in [6.45, 7) is 0. The minimum atomic E-state index is -5.01. The van der Waals surface area contributed by atoms with Crippen LogP contribution in [0.5, 0.6) is 0 Å². The number of halogens is 2. The molecule has 1 N–H and O–H groups in total. The first-order valence-electron chi connectivity index (χ1n) is 5.26. The first-order valence-corrected chi connectivity index (χ1v) is 6.74. The van der Waals surface area contributed by atoms with Gasteiger partial charge in [-0.05, 0) is 24.3 Å². The van der Waals surface area contributed by atoms with E-state index < -0.39 is 31.9 Å². The fraction of sp³-hybridized carbons (Fsp3) is 0.167. The van der Waals surface area contributed by atoms with Gasteiger partial charge in [0.05, 0.1) is 11.2 Å². The summed E-state index contributed by atoms with van der Waals surface area (Å²) in [5, 5.41) is 5.13. The summed E-state index contributed by atoms with van der Waals surface area (Å²) < 4.78 is 56.2. The van der Waals surface area contributed by atoms with Gasteiger partial charge < -0.3 is 9.52 Å². The van der Waals surface area contributed by atoms with E-state index in [0.717, 1.165) is 24.5 Å². The molecule has 7 heteroatoms. The number of alkyl halides is 2. The molecule has 1 aromatic carbocycles. The van der Waals surface area contributed by atoms with E-state index >= 15 is 0 Å². The zero-order chi connectivity index (χ0) is 14.1. The summed E-state index contributed by atoms with van der Waals surface area (Å²) >= 11 is 0. The fourth-order valence-electron chi connectivity index (χ4n) is 1.52. The number of hydrogen-bond donors (Lipinski definition) is 1. The summed E-state index contributed by atoms with van der Waals surface area (Å²) in [6.07, 6.45) is -1.49. The van der Waals surface area contributed by atoms with Crippen LogP contribution in [0.4, 0.5) is 8.78 Å². The Balaban J connectivity index is 2.44. The predicted octanol–water partition coefficient (Wildman–Crippen LogP) is 2.38. The van der Waals surface area contributed by atoms with Gasteiger partial charge in [0, 0.05) is 0 Å². The molecule has 19 heavy (non-hydrogen) atoms. The van der Waals surface area contributed by atoms with E-state index in [4.69, 9.17) is 0 Å². The molecule has 4 nitrogen and oxygen atoms in total. The highest BCUT2D eigenvalue weighted by Crippen LogP contribution is 2.39. The van der Waals surface area contributed by atoms with Gasteiger partial charge in [-0.25, -0.2) is 8.42 Å². The Morgan fingerprint density at radius 2 is 1.74 bits per heavy atom. The average molecular weight is 288 g/mol. The number of hydrogen-bond acceptors (Lipinski definition) is 4. The monoisotopic (exact) mass is 288 g/mol. The first kappa shape index (κ1) is 13.7. The van der Waals surface area contributed by atoms with Crippen molar-refractivity contribution in [1.29, 1.82) is 0 Å². The van der Waals surface area contributed by atoms with Crippen molar-refractivity contribution < 1.29 is 26.7 Å². The summed E-state index contributed by atoms with van der Waals surface area (Å²) in [4.78, 5) is -0.564. The third-order valence-corrected chi connectivity index (χ3v) is 4.38. The predicted molar refractivity (Wildman–Crippen MR) is 62.2 cm³/mol. The summed E-state index contributed by atoms with van der Waals surface area (Å²) in [7, 11) is -5.01. The average Bonchev–Trinajstić information content (AvgIpc) is 2.92. The molecule has 0 aliphatic heterocycles. The lowest BCUT2D eigenvalue weighted by Gasteiger charge is -2.21. The molecular weight excluding hydrogens is 278 g/mol. The highest BCUT2D eigenvalue weighted by atomic mass is 32.2. The van der Waals surface area contributed by atoms with Crippen LogP contribution in [0.2, 0.25) is 0 Å². The highest BCUT2D eigenvalue weighted by Gasteiger charge is 2.54. The van der Waals surface area contributed by atoms with Crippen LogP contribution < -0.4 is 0 Å². The van der Waals surface area contributed by atoms with Crippen LogP contribution in [-0.4, -0.2) is 18.8 Å². The normalized spacial score (nSPS) is 14.3. The molecule has 0 bridgehead atoms. The number of aliphatic hydroxyl groups excluding tert-OH is 1. The SMILES string of the molecule is O=S(=O)(c1ccccc1)C(F)(F)C(O)c1ccco1. The van der Waals surface area contributed by atoms with Crippen molar-refractivity contribution in [1.82, 2.24) is 0 Å². The van der Waals surface area contributed by atoms with Crippen LogP contribution in [-0.2, 0) is 9.84 Å². The molecule has 0 saturated carbocycles. The second-order valence-corrected chi connectivity index (χ2v) is 5.82. The van der Waals surface area contributed by atoms with Crippen LogP contribution in [0.1, 0.15) is 11.9 Å². The van der Waals surface area contributed by atoms with Gasteiger partial charge >= 0.3 is 5.25 Å². The number of sulfone groups is 1. The van der Waals surface area contributed by atoms with Gasteiger partial charge in [0.2, 0.25) is 9.84 Å². The molecule has 0 radical (unpaired) electrons. The van der Waals surface area contributed by atoms with Gasteiger partial charge in [0.1, 0.15) is 5.76 Å². The molecule has 2 rings (SSSR count). The van der Waals surface area contributed by atoms with Crippen molar-refractivity contribution in [3.63, 3.8) is 0 Å². The van der Waals surface area contributed by atoms with Crippen molar-refractivity contribution in [2.24, 2.45) is 0 Å². The third kappa shape index (κ3) is 2.26. The number of benzene rings is 1. The van der Waals surface area contributed by atoms with E-state index in [1.165, 1.54) is 24.3 Å². The van der Waals surface area contributed by atoms with Crippen molar-refractivity contribution >= 4 is 9.84 Å². The van der Waals surface area contributed by atoms with Crippen molar-refractivity contribution in [3.8, 4) is 0 Å². The summed E-state index contributed by atoms with van der Waals surface area (Å²) in [6, 6.07) is 8.59. The van der Waals surface area contributed by atoms with E-state index in [9.17, 15) is 22.3 Å². The van der Waals surface area contributed by atoms with Gasteiger partial charge in [-0.1, -0.05) is 18.2 Å². The van der Waals surface area contributed by atoms with Gasteiger partial charge in [0.25, 0.3) is 0 Å². The maximum atomic E-state index is 13.9. The van der Waals surface area contributed by atoms with Crippen LogP contribution >= 0.6 is 0 Å². The Hall–Kier alpha value is -1.73. The van der Waals surface area contributed by atoms with Gasteiger partial charge in [-0.2, -0.15) is 8.78 Å². The topological polar surface area (TPSA) is 67.5 Å². The molecule has 0 spiro atoms. The zero-order valence-electron chi connectivity index (χ0n) is 9.53. The van der Waals surface area contributed by atoms with E-state index in [1.807, 2.05) is 0 Å². The molecule has 1 heterocycles. The largest absolute Gasteiger partial charge is 0.466 e. The molecule has 1 aromatic heterocycles. The van der Waals surface area contributed by atoms with Crippen LogP contribution in [0.25, 0.3) is 0 Å². The molecule has 0 aliphatic carbocycles. The maximum absolute atomic E-state index is 13.9. The quantitative estimate of drug-likeness (QED) is 0.938. The minimum Gasteiger partial charge on any atom is -0.466 e. The third-order valence-electron chi connectivity index (χ3n) is 2.54. The lowest BCUT2D eigenvalue weighted by atomic mass is 10.3. The van der Waals surface area contributed by atoms with Crippen molar-refractivity contribution in [2.45, 2.75) is 16.3 Å². The lowest BCUT2D eigenvalue weighted by Crippen LogP contribution is -2.35. The Kier molecular flexibility index (Phi) is 3.42. The van der Waals surface area contributed by atoms with E-state index in [2.05, 4.69) is 4.42 Å². The van der Waals surface area contributed by atoms with Gasteiger partial charge in [-0.15, -0.1) is 0 Å². The molecule has 1 atom stereocenters. The zero-order valence-corrected chi connectivity index (χ0v) is 10.3. The van der Waals surface area contributed by atoms with Crippen LogP contribution in [0, 0.1) is 0 Å². The number of rotatable bonds is 4. The fourth-order valence-corrected chi connectivity index (χ4v) is 2.76. The molecule has 0 saturated heterocycles. The maximum Gasteiger partial charge on any atom is 0.382 e. The van der Waals surface area contributed by atoms with Crippen LogP contribution in [0.3, 0.4) is 0 Å². The Bertz CT molecular complexity index is 636. The molecule has 102 valence electrons. The number of aliphatic hydroxyl groups is 1. The molecular formula is C12H10F2O4S. The Morgan fingerprint density at radius 1 is 1.11 bits per heavy atom. The van der Waals surface area contributed by atoms with Gasteiger partial charge in [0.15, 0.2) is 6.10 Å². The van der Waals surface area contributed by atoms with Crippen LogP contribution in [0.15, 0.2) is 58.0 Å². The van der Waals surface area contributed by atoms with E-state index in [1.54, 1.807) is 0 Å². The second-order valence-electron chi connectivity index (χ2n) is 3.80. The van der Waals surface area contributed by atoms with E-state index in [0.29, 0.717) is 0 Å². The molecule has 0 amide bonds. The summed E-state index contributed by atoms with van der Waals surface area (Å²) in [5.74, 6) is -0.510. The molecule has 2 aromatic rings. The first-order chi connectivity index (χ1) is 8.87. The molecule has 1 unspecified atom stereocenters. The molecule has 0 aliphatic rings.